The van der Waals surface area contributed by atoms with E-state index in [1.54, 1.807) is 0 Å². The zero-order valence-electron chi connectivity index (χ0n) is 7.01. The molecule has 0 amide bonds. The minimum absolute atomic E-state index is 0.879. The summed E-state index contributed by atoms with van der Waals surface area (Å²) in [6.45, 7) is 2.08. The van der Waals surface area contributed by atoms with Crippen molar-refractivity contribution in [1.82, 2.24) is 4.98 Å². The van der Waals surface area contributed by atoms with E-state index in [-0.39, 0.29) is 0 Å². The predicted octanol–water partition coefficient (Wildman–Crippen LogP) is 4.07. The molecule has 2 aromatic rings. The van der Waals surface area contributed by atoms with Gasteiger partial charge in [0.1, 0.15) is 4.60 Å². The molecule has 13 heavy (non-hydrogen) atoms. The summed E-state index contributed by atoms with van der Waals surface area (Å²) in [5.74, 6) is 0. The van der Waals surface area contributed by atoms with Crippen LogP contribution in [0.15, 0.2) is 33.3 Å². The predicted molar refractivity (Wildman–Crippen MR) is 61.9 cm³/mol. The summed E-state index contributed by atoms with van der Waals surface area (Å²) in [7, 11) is 0. The summed E-state index contributed by atoms with van der Waals surface area (Å²) in [4.78, 5) is 4.41. The Morgan fingerprint density at radius 3 is 2.77 bits per heavy atom. The van der Waals surface area contributed by atoms with Crippen LogP contribution < -0.4 is 0 Å². The number of pyridine rings is 1. The maximum atomic E-state index is 4.41. The molecule has 1 aromatic carbocycles. The van der Waals surface area contributed by atoms with Crippen molar-refractivity contribution in [3.8, 4) is 0 Å². The second-order valence-electron chi connectivity index (χ2n) is 2.90. The van der Waals surface area contributed by atoms with Gasteiger partial charge in [0.15, 0.2) is 0 Å². The van der Waals surface area contributed by atoms with Gasteiger partial charge in [-0.1, -0.05) is 12.1 Å². The third-order valence-electron chi connectivity index (χ3n) is 1.97. The molecule has 2 rings (SSSR count). The summed E-state index contributed by atoms with van der Waals surface area (Å²) in [6.07, 6.45) is 0. The average Bonchev–Trinajstić information content (AvgIpc) is 2.07. The van der Waals surface area contributed by atoms with Gasteiger partial charge in [0, 0.05) is 9.86 Å². The second kappa shape index (κ2) is 3.39. The van der Waals surface area contributed by atoms with Gasteiger partial charge in [-0.15, -0.1) is 0 Å². The summed E-state index contributed by atoms with van der Waals surface area (Å²) < 4.78 is 1.92. The van der Waals surface area contributed by atoms with Crippen LogP contribution in [-0.4, -0.2) is 4.98 Å². The highest BCUT2D eigenvalue weighted by Gasteiger charge is 2.03. The normalized spacial score (nSPS) is 10.7. The van der Waals surface area contributed by atoms with E-state index < -0.39 is 0 Å². The topological polar surface area (TPSA) is 12.9 Å². The van der Waals surface area contributed by atoms with Gasteiger partial charge >= 0.3 is 0 Å². The van der Waals surface area contributed by atoms with Crippen LogP contribution in [-0.2, 0) is 0 Å². The van der Waals surface area contributed by atoms with Crippen molar-refractivity contribution in [2.75, 3.05) is 0 Å². The van der Waals surface area contributed by atoms with Crippen LogP contribution >= 0.6 is 31.9 Å². The SMILES string of the molecule is Cc1cc(Br)nc2c(Br)cccc12. The number of para-hydroxylation sites is 1. The minimum Gasteiger partial charge on any atom is -0.240 e. The van der Waals surface area contributed by atoms with E-state index >= 15 is 0 Å². The van der Waals surface area contributed by atoms with Crippen LogP contribution in [0.25, 0.3) is 10.9 Å². The van der Waals surface area contributed by atoms with Crippen molar-refractivity contribution in [2.24, 2.45) is 0 Å². The Labute approximate surface area is 93.4 Å². The van der Waals surface area contributed by atoms with Crippen LogP contribution in [0.1, 0.15) is 5.56 Å². The fourth-order valence-electron chi connectivity index (χ4n) is 1.34. The smallest absolute Gasteiger partial charge is 0.107 e. The molecule has 0 fully saturated rings. The first-order chi connectivity index (χ1) is 6.18. The highest BCUT2D eigenvalue weighted by atomic mass is 79.9. The number of rotatable bonds is 0. The molecule has 1 nitrogen and oxygen atoms in total. The molecule has 1 heterocycles. The summed E-state index contributed by atoms with van der Waals surface area (Å²) in [6, 6.07) is 8.12. The molecule has 0 saturated heterocycles. The van der Waals surface area contributed by atoms with E-state index in [9.17, 15) is 0 Å². The van der Waals surface area contributed by atoms with Crippen LogP contribution in [0.3, 0.4) is 0 Å². The van der Waals surface area contributed by atoms with Crippen LogP contribution in [0.5, 0.6) is 0 Å². The van der Waals surface area contributed by atoms with Gasteiger partial charge in [-0.3, -0.25) is 0 Å². The van der Waals surface area contributed by atoms with Gasteiger partial charge in [0.25, 0.3) is 0 Å². The lowest BCUT2D eigenvalue weighted by molar-refractivity contribution is 1.31. The van der Waals surface area contributed by atoms with E-state index in [1.165, 1.54) is 10.9 Å². The number of hydrogen-bond donors (Lipinski definition) is 0. The first-order valence-electron chi connectivity index (χ1n) is 3.90. The van der Waals surface area contributed by atoms with Crippen molar-refractivity contribution in [3.05, 3.63) is 38.9 Å². The Kier molecular flexibility index (Phi) is 2.39. The molecule has 66 valence electrons. The molecular formula is C10H7Br2N. The fourth-order valence-corrected chi connectivity index (χ4v) is 2.32. The number of hydrogen-bond acceptors (Lipinski definition) is 1. The fraction of sp³-hybridized carbons (Fsp3) is 0.100. The van der Waals surface area contributed by atoms with Crippen molar-refractivity contribution >= 4 is 42.8 Å². The molecule has 0 unspecified atom stereocenters. The average molecular weight is 301 g/mol. The van der Waals surface area contributed by atoms with Gasteiger partial charge in [-0.05, 0) is 56.5 Å². The minimum atomic E-state index is 0.879. The number of nitrogens with zero attached hydrogens (tertiary/aromatic N) is 1. The molecule has 1 aromatic heterocycles. The lowest BCUT2D eigenvalue weighted by Gasteiger charge is -2.03. The van der Waals surface area contributed by atoms with E-state index in [4.69, 9.17) is 0 Å². The number of aromatic nitrogens is 1. The monoisotopic (exact) mass is 299 g/mol. The Bertz CT molecular complexity index is 466. The van der Waals surface area contributed by atoms with Crippen molar-refractivity contribution in [2.45, 2.75) is 6.92 Å². The van der Waals surface area contributed by atoms with Crippen LogP contribution in [0.4, 0.5) is 0 Å². The van der Waals surface area contributed by atoms with E-state index in [0.29, 0.717) is 0 Å². The lowest BCUT2D eigenvalue weighted by atomic mass is 10.1. The maximum absolute atomic E-state index is 4.41. The number of halogens is 2. The lowest BCUT2D eigenvalue weighted by Crippen LogP contribution is -1.85. The zero-order valence-corrected chi connectivity index (χ0v) is 10.2. The molecule has 0 aliphatic carbocycles. The highest BCUT2D eigenvalue weighted by Crippen LogP contribution is 2.26. The van der Waals surface area contributed by atoms with Gasteiger partial charge in [0.05, 0.1) is 5.52 Å². The van der Waals surface area contributed by atoms with Crippen molar-refractivity contribution in [1.29, 1.82) is 0 Å². The first-order valence-corrected chi connectivity index (χ1v) is 5.48. The number of fused-ring (bicyclic) bond motifs is 1. The van der Waals surface area contributed by atoms with Crippen LogP contribution in [0, 0.1) is 6.92 Å². The molecule has 0 bridgehead atoms. The van der Waals surface area contributed by atoms with Gasteiger partial charge in [0.2, 0.25) is 0 Å². The molecular weight excluding hydrogens is 294 g/mol. The Morgan fingerprint density at radius 2 is 2.00 bits per heavy atom. The quantitative estimate of drug-likeness (QED) is 0.668. The Balaban J connectivity index is 2.94. The van der Waals surface area contributed by atoms with E-state index in [1.807, 2.05) is 18.2 Å². The van der Waals surface area contributed by atoms with Crippen molar-refractivity contribution < 1.29 is 0 Å². The second-order valence-corrected chi connectivity index (χ2v) is 4.56. The standard InChI is InChI=1S/C10H7Br2N/c1-6-5-9(12)13-10-7(6)3-2-4-8(10)11/h2-5H,1H3. The van der Waals surface area contributed by atoms with Gasteiger partial charge < -0.3 is 0 Å². The van der Waals surface area contributed by atoms with E-state index in [2.05, 4.69) is 49.8 Å². The molecule has 0 spiro atoms. The molecule has 0 aliphatic heterocycles. The third kappa shape index (κ3) is 1.63. The molecule has 0 radical (unpaired) electrons. The van der Waals surface area contributed by atoms with Gasteiger partial charge in [-0.25, -0.2) is 4.98 Å². The van der Waals surface area contributed by atoms with Crippen molar-refractivity contribution in [3.63, 3.8) is 0 Å². The number of aryl methyl sites for hydroxylation is 1. The highest BCUT2D eigenvalue weighted by molar-refractivity contribution is 9.11. The largest absolute Gasteiger partial charge is 0.240 e. The molecule has 0 aliphatic rings. The summed E-state index contributed by atoms with van der Waals surface area (Å²) in [5, 5.41) is 1.19. The van der Waals surface area contributed by atoms with Crippen LogP contribution in [0.2, 0.25) is 0 Å². The Morgan fingerprint density at radius 1 is 1.23 bits per heavy atom. The van der Waals surface area contributed by atoms with Gasteiger partial charge in [-0.2, -0.15) is 0 Å². The summed E-state index contributed by atoms with van der Waals surface area (Å²) >= 11 is 6.87. The first kappa shape index (κ1) is 9.16. The van der Waals surface area contributed by atoms with E-state index in [0.717, 1.165) is 14.6 Å². The molecule has 0 saturated carbocycles. The third-order valence-corrected chi connectivity index (χ3v) is 3.01. The molecule has 3 heteroatoms. The maximum Gasteiger partial charge on any atom is 0.107 e. The Hall–Kier alpha value is -0.410. The zero-order chi connectivity index (χ0) is 9.42. The molecule has 0 atom stereocenters. The molecule has 0 N–H and O–H groups in total. The summed E-state index contributed by atoms with van der Waals surface area (Å²) in [5.41, 5.74) is 2.24. The number of benzene rings is 1.